The number of methoxy groups -OCH3 is 4. The van der Waals surface area contributed by atoms with Gasteiger partial charge in [0.1, 0.15) is 23.0 Å². The number of ether oxygens (including phenoxy) is 4. The van der Waals surface area contributed by atoms with Crippen molar-refractivity contribution in [1.29, 1.82) is 0 Å². The number of halogens is 3. The standard InChI is InChI=1S/C20H23F3O4/c1-12(20(21,22)23)18(13-6-8-14(24-2)9-7-13)19-16(26-4)10-15(25-3)11-17(19)27-5/h6-12,18H,1-5H3. The zero-order valence-corrected chi connectivity index (χ0v) is 15.9. The molecule has 4 nitrogen and oxygen atoms in total. The molecule has 0 saturated carbocycles. The average molecular weight is 384 g/mol. The van der Waals surface area contributed by atoms with E-state index in [2.05, 4.69) is 0 Å². The molecule has 0 N–H and O–H groups in total. The summed E-state index contributed by atoms with van der Waals surface area (Å²) in [7, 11) is 5.77. The van der Waals surface area contributed by atoms with Crippen molar-refractivity contribution in [3.05, 3.63) is 47.5 Å². The predicted molar refractivity (Wildman–Crippen MR) is 96.2 cm³/mol. The van der Waals surface area contributed by atoms with Crippen molar-refractivity contribution in [2.75, 3.05) is 28.4 Å². The molecule has 148 valence electrons. The lowest BCUT2D eigenvalue weighted by atomic mass is 9.80. The summed E-state index contributed by atoms with van der Waals surface area (Å²) in [6, 6.07) is 9.61. The van der Waals surface area contributed by atoms with Gasteiger partial charge in [0.15, 0.2) is 0 Å². The van der Waals surface area contributed by atoms with Crippen molar-refractivity contribution < 1.29 is 32.1 Å². The highest BCUT2D eigenvalue weighted by Gasteiger charge is 2.44. The molecule has 0 aromatic heterocycles. The first-order chi connectivity index (χ1) is 12.8. The zero-order valence-electron chi connectivity index (χ0n) is 15.9. The monoisotopic (exact) mass is 384 g/mol. The maximum atomic E-state index is 13.7. The van der Waals surface area contributed by atoms with Crippen molar-refractivity contribution in [2.45, 2.75) is 19.0 Å². The summed E-state index contributed by atoms with van der Waals surface area (Å²) >= 11 is 0. The van der Waals surface area contributed by atoms with E-state index in [1.165, 1.54) is 28.4 Å². The summed E-state index contributed by atoms with van der Waals surface area (Å²) in [5.41, 5.74) is 0.790. The first-order valence-corrected chi connectivity index (χ1v) is 8.27. The number of rotatable bonds is 7. The first-order valence-electron chi connectivity index (χ1n) is 8.27. The van der Waals surface area contributed by atoms with E-state index in [4.69, 9.17) is 18.9 Å². The Balaban J connectivity index is 2.73. The minimum atomic E-state index is -4.42. The second-order valence-corrected chi connectivity index (χ2v) is 6.03. The van der Waals surface area contributed by atoms with Crippen molar-refractivity contribution in [3.8, 4) is 23.0 Å². The van der Waals surface area contributed by atoms with Crippen molar-refractivity contribution >= 4 is 0 Å². The molecule has 0 bridgehead atoms. The molecule has 0 heterocycles. The SMILES string of the molecule is COc1ccc(C(c2c(OC)cc(OC)cc2OC)C(C)C(F)(F)F)cc1. The number of hydrogen-bond donors (Lipinski definition) is 0. The maximum absolute atomic E-state index is 13.7. The second-order valence-electron chi connectivity index (χ2n) is 6.03. The molecule has 2 aromatic rings. The molecule has 0 aliphatic heterocycles. The van der Waals surface area contributed by atoms with Gasteiger partial charge >= 0.3 is 6.18 Å². The van der Waals surface area contributed by atoms with Gasteiger partial charge < -0.3 is 18.9 Å². The molecule has 7 heteroatoms. The average Bonchev–Trinajstić information content (AvgIpc) is 2.67. The summed E-state index contributed by atoms with van der Waals surface area (Å²) in [4.78, 5) is 0. The zero-order chi connectivity index (χ0) is 20.2. The van der Waals surface area contributed by atoms with E-state index in [1.807, 2.05) is 0 Å². The molecule has 27 heavy (non-hydrogen) atoms. The molecular weight excluding hydrogens is 361 g/mol. The van der Waals surface area contributed by atoms with Gasteiger partial charge in [0.05, 0.1) is 34.4 Å². The first kappa shape index (κ1) is 20.7. The second kappa shape index (κ2) is 8.41. The Kier molecular flexibility index (Phi) is 6.46. The van der Waals surface area contributed by atoms with Crippen LogP contribution in [0.4, 0.5) is 13.2 Å². The molecule has 2 aromatic carbocycles. The predicted octanol–water partition coefficient (Wildman–Crippen LogP) is 5.05. The van der Waals surface area contributed by atoms with Gasteiger partial charge in [-0.15, -0.1) is 0 Å². The molecule has 0 aliphatic rings. The van der Waals surface area contributed by atoms with Crippen LogP contribution in [0.3, 0.4) is 0 Å². The van der Waals surface area contributed by atoms with Crippen LogP contribution in [0, 0.1) is 5.92 Å². The molecule has 0 saturated heterocycles. The van der Waals surface area contributed by atoms with E-state index >= 15 is 0 Å². The maximum Gasteiger partial charge on any atom is 0.392 e. The van der Waals surface area contributed by atoms with Crippen LogP contribution < -0.4 is 18.9 Å². The molecular formula is C20H23F3O4. The Labute approximate surface area is 156 Å². The molecule has 0 aliphatic carbocycles. The van der Waals surface area contributed by atoms with Crippen LogP contribution in [0.15, 0.2) is 36.4 Å². The number of alkyl halides is 3. The molecule has 2 atom stereocenters. The highest BCUT2D eigenvalue weighted by Crippen LogP contribution is 2.49. The van der Waals surface area contributed by atoms with Gasteiger partial charge in [-0.2, -0.15) is 13.2 Å². The number of hydrogen-bond acceptors (Lipinski definition) is 4. The van der Waals surface area contributed by atoms with Gasteiger partial charge in [-0.1, -0.05) is 19.1 Å². The van der Waals surface area contributed by atoms with E-state index in [0.29, 0.717) is 22.6 Å². The van der Waals surface area contributed by atoms with Crippen molar-refractivity contribution in [1.82, 2.24) is 0 Å². The third-order valence-electron chi connectivity index (χ3n) is 4.56. The van der Waals surface area contributed by atoms with Crippen LogP contribution >= 0.6 is 0 Å². The molecule has 0 radical (unpaired) electrons. The fraction of sp³-hybridized carbons (Fsp3) is 0.400. The van der Waals surface area contributed by atoms with Gasteiger partial charge in [-0.05, 0) is 17.7 Å². The smallest absolute Gasteiger partial charge is 0.392 e. The lowest BCUT2D eigenvalue weighted by Crippen LogP contribution is -2.27. The normalized spacial score (nSPS) is 13.6. The molecule has 0 fully saturated rings. The van der Waals surface area contributed by atoms with Crippen molar-refractivity contribution in [2.24, 2.45) is 5.92 Å². The van der Waals surface area contributed by atoms with Gasteiger partial charge in [0, 0.05) is 23.6 Å². The van der Waals surface area contributed by atoms with Gasteiger partial charge in [0.25, 0.3) is 0 Å². The van der Waals surface area contributed by atoms with Crippen LogP contribution in [0.25, 0.3) is 0 Å². The Bertz CT molecular complexity index is 732. The Morgan fingerprint density at radius 1 is 0.741 bits per heavy atom. The lowest BCUT2D eigenvalue weighted by molar-refractivity contribution is -0.173. The van der Waals surface area contributed by atoms with Crippen LogP contribution in [-0.2, 0) is 0 Å². The fourth-order valence-electron chi connectivity index (χ4n) is 3.04. The largest absolute Gasteiger partial charge is 0.497 e. The fourth-order valence-corrected chi connectivity index (χ4v) is 3.04. The van der Waals surface area contributed by atoms with Crippen LogP contribution in [0.5, 0.6) is 23.0 Å². The van der Waals surface area contributed by atoms with E-state index in [-0.39, 0.29) is 11.5 Å². The molecule has 2 rings (SSSR count). The van der Waals surface area contributed by atoms with E-state index in [1.54, 1.807) is 36.4 Å². The summed E-state index contributed by atoms with van der Waals surface area (Å²) in [5, 5.41) is 0. The minimum Gasteiger partial charge on any atom is -0.497 e. The third-order valence-corrected chi connectivity index (χ3v) is 4.56. The molecule has 0 amide bonds. The quantitative estimate of drug-likeness (QED) is 0.669. The van der Waals surface area contributed by atoms with E-state index < -0.39 is 18.0 Å². The van der Waals surface area contributed by atoms with Gasteiger partial charge in [-0.3, -0.25) is 0 Å². The van der Waals surface area contributed by atoms with Crippen molar-refractivity contribution in [3.63, 3.8) is 0 Å². The van der Waals surface area contributed by atoms with E-state index in [9.17, 15) is 13.2 Å². The summed E-state index contributed by atoms with van der Waals surface area (Å²) < 4.78 is 62.2. The van der Waals surface area contributed by atoms with Crippen LogP contribution in [0.1, 0.15) is 24.0 Å². The Hall–Kier alpha value is -2.57. The summed E-state index contributed by atoms with van der Waals surface area (Å²) in [5.74, 6) is -1.19. The Morgan fingerprint density at radius 2 is 1.22 bits per heavy atom. The van der Waals surface area contributed by atoms with Gasteiger partial charge in [-0.25, -0.2) is 0 Å². The molecule has 0 spiro atoms. The Morgan fingerprint density at radius 3 is 1.59 bits per heavy atom. The summed E-state index contributed by atoms with van der Waals surface area (Å²) in [6.07, 6.45) is -4.42. The topological polar surface area (TPSA) is 36.9 Å². The van der Waals surface area contributed by atoms with E-state index in [0.717, 1.165) is 6.92 Å². The number of benzene rings is 2. The van der Waals surface area contributed by atoms with Gasteiger partial charge in [0.2, 0.25) is 0 Å². The highest BCUT2D eigenvalue weighted by molar-refractivity contribution is 5.55. The third kappa shape index (κ3) is 4.40. The van der Waals surface area contributed by atoms with Crippen LogP contribution in [0.2, 0.25) is 0 Å². The molecule has 2 unspecified atom stereocenters. The lowest BCUT2D eigenvalue weighted by Gasteiger charge is -2.29. The summed E-state index contributed by atoms with van der Waals surface area (Å²) in [6.45, 7) is 1.15. The minimum absolute atomic E-state index is 0.267. The van der Waals surface area contributed by atoms with Crippen LogP contribution in [-0.4, -0.2) is 34.6 Å². The highest BCUT2D eigenvalue weighted by atomic mass is 19.4.